The van der Waals surface area contributed by atoms with Gasteiger partial charge in [0.2, 0.25) is 0 Å². The summed E-state index contributed by atoms with van der Waals surface area (Å²) in [5, 5.41) is 5.30. The van der Waals surface area contributed by atoms with Crippen LogP contribution in [0.1, 0.15) is 12.6 Å². The zero-order chi connectivity index (χ0) is 8.81. The molecule has 0 saturated carbocycles. The van der Waals surface area contributed by atoms with Gasteiger partial charge in [0, 0.05) is 25.6 Å². The van der Waals surface area contributed by atoms with Crippen LogP contribution in [0.3, 0.4) is 0 Å². The van der Waals surface area contributed by atoms with Crippen LogP contribution in [0, 0.1) is 0 Å². The maximum atomic E-state index is 5.09. The van der Waals surface area contributed by atoms with E-state index in [1.165, 1.54) is 0 Å². The highest BCUT2D eigenvalue weighted by Gasteiger charge is 1.98. The fourth-order valence-corrected chi connectivity index (χ4v) is 1.37. The van der Waals surface area contributed by atoms with Crippen molar-refractivity contribution in [2.45, 2.75) is 19.6 Å². The lowest BCUT2D eigenvalue weighted by Crippen LogP contribution is -2.25. The number of hydrogen-bond donors (Lipinski definition) is 1. The molecule has 1 heterocycles. The second kappa shape index (κ2) is 5.24. The van der Waals surface area contributed by atoms with Gasteiger partial charge in [-0.1, -0.05) is 0 Å². The Morgan fingerprint density at radius 3 is 3.17 bits per heavy atom. The lowest BCUT2D eigenvalue weighted by atomic mass is 10.4. The first-order valence-electron chi connectivity index (χ1n) is 3.93. The van der Waals surface area contributed by atoms with Gasteiger partial charge in [-0.15, -0.1) is 11.3 Å². The van der Waals surface area contributed by atoms with Crippen LogP contribution >= 0.6 is 11.3 Å². The minimum Gasteiger partial charge on any atom is -0.380 e. The first kappa shape index (κ1) is 9.64. The van der Waals surface area contributed by atoms with Crippen molar-refractivity contribution >= 4 is 11.3 Å². The summed E-state index contributed by atoms with van der Waals surface area (Å²) in [4.78, 5) is 4.15. The van der Waals surface area contributed by atoms with Crippen LogP contribution in [0.4, 0.5) is 0 Å². The molecule has 4 heteroatoms. The third-order valence-corrected chi connectivity index (χ3v) is 2.26. The van der Waals surface area contributed by atoms with Gasteiger partial charge < -0.3 is 10.1 Å². The van der Waals surface area contributed by atoms with E-state index in [2.05, 4.69) is 10.3 Å². The highest BCUT2D eigenvalue weighted by molar-refractivity contribution is 7.07. The van der Waals surface area contributed by atoms with E-state index < -0.39 is 0 Å². The van der Waals surface area contributed by atoms with Crippen molar-refractivity contribution < 1.29 is 4.74 Å². The van der Waals surface area contributed by atoms with Gasteiger partial charge >= 0.3 is 0 Å². The van der Waals surface area contributed by atoms with E-state index in [1.54, 1.807) is 18.4 Å². The van der Waals surface area contributed by atoms with Gasteiger partial charge in [0.05, 0.1) is 17.3 Å². The highest BCUT2D eigenvalue weighted by atomic mass is 32.1. The van der Waals surface area contributed by atoms with Crippen molar-refractivity contribution in [1.82, 2.24) is 10.3 Å². The zero-order valence-corrected chi connectivity index (χ0v) is 8.23. The predicted octanol–water partition coefficient (Wildman–Crippen LogP) is 1.27. The Morgan fingerprint density at radius 2 is 2.58 bits per heavy atom. The summed E-state index contributed by atoms with van der Waals surface area (Å²) < 4.78 is 5.09. The molecule has 0 aliphatic rings. The van der Waals surface area contributed by atoms with Gasteiger partial charge in [-0.25, -0.2) is 4.98 Å². The second-order valence-electron chi connectivity index (χ2n) is 2.66. The average Bonchev–Trinajstić information content (AvgIpc) is 2.57. The first-order chi connectivity index (χ1) is 5.83. The molecule has 1 aromatic rings. The van der Waals surface area contributed by atoms with Crippen LogP contribution in [0.2, 0.25) is 0 Å². The summed E-state index contributed by atoms with van der Waals surface area (Å²) in [7, 11) is 1.72. The predicted molar refractivity (Wildman–Crippen MR) is 50.3 cm³/mol. The van der Waals surface area contributed by atoms with E-state index in [9.17, 15) is 0 Å². The maximum Gasteiger partial charge on any atom is 0.0795 e. The van der Waals surface area contributed by atoms with Gasteiger partial charge in [-0.05, 0) is 6.92 Å². The SMILES string of the molecule is COC(C)CNCc1cscn1. The number of hydrogen-bond acceptors (Lipinski definition) is 4. The topological polar surface area (TPSA) is 34.1 Å². The van der Waals surface area contributed by atoms with E-state index in [0.29, 0.717) is 0 Å². The van der Waals surface area contributed by atoms with E-state index in [1.807, 2.05) is 17.8 Å². The molecule has 0 saturated heterocycles. The molecule has 1 N–H and O–H groups in total. The molecule has 12 heavy (non-hydrogen) atoms. The van der Waals surface area contributed by atoms with Crippen molar-refractivity contribution in [3.05, 3.63) is 16.6 Å². The summed E-state index contributed by atoms with van der Waals surface area (Å²) in [6.07, 6.45) is 0.267. The van der Waals surface area contributed by atoms with Crippen LogP contribution in [0.25, 0.3) is 0 Å². The molecule has 1 aromatic heterocycles. The van der Waals surface area contributed by atoms with Crippen molar-refractivity contribution in [3.8, 4) is 0 Å². The fraction of sp³-hybridized carbons (Fsp3) is 0.625. The molecule has 0 fully saturated rings. The Hall–Kier alpha value is -0.450. The van der Waals surface area contributed by atoms with E-state index in [4.69, 9.17) is 4.74 Å². The molecule has 0 bridgehead atoms. The number of thiazole rings is 1. The van der Waals surface area contributed by atoms with Crippen molar-refractivity contribution in [1.29, 1.82) is 0 Å². The summed E-state index contributed by atoms with van der Waals surface area (Å²) in [5.74, 6) is 0. The second-order valence-corrected chi connectivity index (χ2v) is 3.38. The molecule has 0 amide bonds. The minimum absolute atomic E-state index is 0.267. The van der Waals surface area contributed by atoms with Crippen LogP contribution < -0.4 is 5.32 Å². The average molecular weight is 186 g/mol. The fourth-order valence-electron chi connectivity index (χ4n) is 0.812. The third kappa shape index (κ3) is 3.30. The standard InChI is InChI=1S/C8H14N2OS/c1-7(11-2)3-9-4-8-5-12-6-10-8/h5-7,9H,3-4H2,1-2H3. The quantitative estimate of drug-likeness (QED) is 0.752. The number of nitrogens with zero attached hydrogens (tertiary/aromatic N) is 1. The Kier molecular flexibility index (Phi) is 4.21. The summed E-state index contributed by atoms with van der Waals surface area (Å²) in [6.45, 7) is 3.74. The molecule has 1 rings (SSSR count). The lowest BCUT2D eigenvalue weighted by Gasteiger charge is -2.09. The van der Waals surface area contributed by atoms with Gasteiger partial charge in [-0.3, -0.25) is 0 Å². The Labute approximate surface area is 76.8 Å². The van der Waals surface area contributed by atoms with E-state index in [-0.39, 0.29) is 6.10 Å². The zero-order valence-electron chi connectivity index (χ0n) is 7.41. The van der Waals surface area contributed by atoms with Crippen molar-refractivity contribution in [2.75, 3.05) is 13.7 Å². The van der Waals surface area contributed by atoms with Gasteiger partial charge in [-0.2, -0.15) is 0 Å². The molecule has 0 radical (unpaired) electrons. The molecule has 68 valence electrons. The van der Waals surface area contributed by atoms with Gasteiger partial charge in [0.25, 0.3) is 0 Å². The minimum atomic E-state index is 0.267. The van der Waals surface area contributed by atoms with E-state index >= 15 is 0 Å². The van der Waals surface area contributed by atoms with Crippen LogP contribution in [-0.2, 0) is 11.3 Å². The summed E-state index contributed by atoms with van der Waals surface area (Å²) >= 11 is 1.62. The van der Waals surface area contributed by atoms with Crippen molar-refractivity contribution in [2.24, 2.45) is 0 Å². The number of aromatic nitrogens is 1. The van der Waals surface area contributed by atoms with Crippen LogP contribution in [0.15, 0.2) is 10.9 Å². The molecule has 0 aliphatic carbocycles. The molecular formula is C8H14N2OS. The number of rotatable bonds is 5. The number of nitrogens with one attached hydrogen (secondary N) is 1. The number of ether oxygens (including phenoxy) is 1. The molecule has 0 spiro atoms. The highest BCUT2D eigenvalue weighted by Crippen LogP contribution is 1.99. The molecule has 0 aromatic carbocycles. The molecular weight excluding hydrogens is 172 g/mol. The summed E-state index contributed by atoms with van der Waals surface area (Å²) in [6, 6.07) is 0. The maximum absolute atomic E-state index is 5.09. The van der Waals surface area contributed by atoms with Gasteiger partial charge in [0.1, 0.15) is 0 Å². The number of methoxy groups -OCH3 is 1. The normalized spacial score (nSPS) is 13.2. The molecule has 3 nitrogen and oxygen atoms in total. The van der Waals surface area contributed by atoms with Crippen molar-refractivity contribution in [3.63, 3.8) is 0 Å². The van der Waals surface area contributed by atoms with E-state index in [0.717, 1.165) is 18.8 Å². The Balaban J connectivity index is 2.11. The molecule has 1 atom stereocenters. The Bertz CT molecular complexity index is 201. The Morgan fingerprint density at radius 1 is 1.75 bits per heavy atom. The molecule has 0 aliphatic heterocycles. The third-order valence-electron chi connectivity index (χ3n) is 1.62. The molecule has 1 unspecified atom stereocenters. The monoisotopic (exact) mass is 186 g/mol. The summed E-state index contributed by atoms with van der Waals surface area (Å²) in [5.41, 5.74) is 2.94. The van der Waals surface area contributed by atoms with Crippen LogP contribution in [0.5, 0.6) is 0 Å². The first-order valence-corrected chi connectivity index (χ1v) is 4.87. The smallest absolute Gasteiger partial charge is 0.0795 e. The largest absolute Gasteiger partial charge is 0.380 e. The van der Waals surface area contributed by atoms with Crippen LogP contribution in [-0.4, -0.2) is 24.7 Å². The van der Waals surface area contributed by atoms with Gasteiger partial charge in [0.15, 0.2) is 0 Å². The lowest BCUT2D eigenvalue weighted by molar-refractivity contribution is 0.117.